The third-order valence-corrected chi connectivity index (χ3v) is 5.12. The van der Waals surface area contributed by atoms with E-state index in [0.717, 1.165) is 0 Å². The molecule has 4 heterocycles. The van der Waals surface area contributed by atoms with Gasteiger partial charge in [-0.1, -0.05) is 0 Å². The van der Waals surface area contributed by atoms with Crippen molar-refractivity contribution in [3.8, 4) is 0 Å². The molecule has 8 heteroatoms. The highest BCUT2D eigenvalue weighted by atomic mass is 16.5. The second-order valence-electron chi connectivity index (χ2n) is 6.49. The van der Waals surface area contributed by atoms with Crippen molar-refractivity contribution in [3.05, 3.63) is 30.2 Å². The molecule has 128 valence electrons. The number of hydrogen-bond acceptors (Lipinski definition) is 6. The normalized spacial score (nSPS) is 26.8. The van der Waals surface area contributed by atoms with Gasteiger partial charge in [-0.15, -0.1) is 0 Å². The van der Waals surface area contributed by atoms with Gasteiger partial charge in [-0.25, -0.2) is 9.50 Å². The first kappa shape index (κ1) is 15.5. The number of piperidine rings is 1. The minimum atomic E-state index is -0.894. The summed E-state index contributed by atoms with van der Waals surface area (Å²) in [5.41, 5.74) is 0.510. The van der Waals surface area contributed by atoms with E-state index < -0.39 is 17.8 Å². The molecule has 24 heavy (non-hydrogen) atoms. The Bertz CT molecular complexity index is 753. The topological polar surface area (TPSA) is 100 Å². The van der Waals surface area contributed by atoms with E-state index in [1.807, 2.05) is 0 Å². The molecule has 2 N–H and O–H groups in total. The van der Waals surface area contributed by atoms with E-state index in [0.29, 0.717) is 50.2 Å². The van der Waals surface area contributed by atoms with Gasteiger partial charge in [0.1, 0.15) is 12.4 Å². The summed E-state index contributed by atoms with van der Waals surface area (Å²) in [6.07, 6.45) is 2.95. The van der Waals surface area contributed by atoms with E-state index in [1.54, 1.807) is 27.7 Å². The summed E-state index contributed by atoms with van der Waals surface area (Å²) in [5.74, 6) is -0.0758. The SMILES string of the molecule is O=C(c1ccc2ncnn2c1)N1CCC2(CC1)OCC[C@H](O)[C@@H]2O. The standard InChI is InChI=1S/C16H20N4O4/c21-12-3-8-24-16(14(12)22)4-6-19(7-5-16)15(23)11-1-2-13-17-10-18-20(13)9-11/h1-2,9-10,12,14,21-22H,3-8H2/t12-,14-/m0/s1. The molecule has 2 saturated heterocycles. The molecule has 0 radical (unpaired) electrons. The number of hydrogen-bond donors (Lipinski definition) is 2. The molecule has 2 atom stereocenters. The number of carbonyl (C=O) groups is 1. The number of nitrogens with zero attached hydrogens (tertiary/aromatic N) is 4. The molecule has 0 unspecified atom stereocenters. The number of ether oxygens (including phenoxy) is 1. The highest BCUT2D eigenvalue weighted by Crippen LogP contribution is 2.35. The predicted molar refractivity (Wildman–Crippen MR) is 83.4 cm³/mol. The van der Waals surface area contributed by atoms with Crippen LogP contribution < -0.4 is 0 Å². The van der Waals surface area contributed by atoms with Crippen molar-refractivity contribution >= 4 is 11.6 Å². The van der Waals surface area contributed by atoms with Crippen LogP contribution in [0.1, 0.15) is 29.6 Å². The quantitative estimate of drug-likeness (QED) is 0.753. The summed E-state index contributed by atoms with van der Waals surface area (Å²) in [6, 6.07) is 3.50. The summed E-state index contributed by atoms with van der Waals surface area (Å²) in [5, 5.41) is 24.2. The first-order valence-corrected chi connectivity index (χ1v) is 8.18. The van der Waals surface area contributed by atoms with Gasteiger partial charge >= 0.3 is 0 Å². The van der Waals surface area contributed by atoms with E-state index in [2.05, 4.69) is 10.1 Å². The second-order valence-corrected chi connectivity index (χ2v) is 6.49. The molecule has 2 aromatic heterocycles. The Hall–Kier alpha value is -2.03. The third kappa shape index (κ3) is 2.47. The Balaban J connectivity index is 1.48. The minimum absolute atomic E-state index is 0.0758. The van der Waals surface area contributed by atoms with Crippen LogP contribution in [0.2, 0.25) is 0 Å². The molecule has 1 amide bonds. The molecule has 2 fully saturated rings. The number of aliphatic hydroxyl groups excluding tert-OH is 2. The lowest BCUT2D eigenvalue weighted by Gasteiger charge is -2.48. The van der Waals surface area contributed by atoms with Gasteiger partial charge in [0.2, 0.25) is 0 Å². The number of amides is 1. The van der Waals surface area contributed by atoms with Crippen molar-refractivity contribution in [2.24, 2.45) is 0 Å². The van der Waals surface area contributed by atoms with Crippen molar-refractivity contribution < 1.29 is 19.7 Å². The smallest absolute Gasteiger partial charge is 0.255 e. The average Bonchev–Trinajstić information content (AvgIpc) is 3.07. The maximum absolute atomic E-state index is 12.7. The van der Waals surface area contributed by atoms with Gasteiger partial charge in [-0.2, -0.15) is 5.10 Å². The second kappa shape index (κ2) is 5.80. The first-order chi connectivity index (χ1) is 11.6. The lowest BCUT2D eigenvalue weighted by molar-refractivity contribution is -0.212. The highest BCUT2D eigenvalue weighted by molar-refractivity contribution is 5.94. The van der Waals surface area contributed by atoms with Crippen LogP contribution in [0, 0.1) is 0 Å². The summed E-state index contributed by atoms with van der Waals surface area (Å²) in [6.45, 7) is 1.41. The number of fused-ring (bicyclic) bond motifs is 1. The van der Waals surface area contributed by atoms with Crippen LogP contribution >= 0.6 is 0 Å². The van der Waals surface area contributed by atoms with E-state index in [1.165, 1.54) is 6.33 Å². The lowest BCUT2D eigenvalue weighted by Crippen LogP contribution is -2.60. The number of pyridine rings is 1. The molecule has 8 nitrogen and oxygen atoms in total. The fourth-order valence-corrected chi connectivity index (χ4v) is 3.63. The molecule has 1 spiro atoms. The fourth-order valence-electron chi connectivity index (χ4n) is 3.63. The van der Waals surface area contributed by atoms with Crippen LogP contribution in [-0.2, 0) is 4.74 Å². The maximum Gasteiger partial charge on any atom is 0.255 e. The van der Waals surface area contributed by atoms with Crippen LogP contribution in [0.3, 0.4) is 0 Å². The number of carbonyl (C=O) groups excluding carboxylic acids is 1. The largest absolute Gasteiger partial charge is 0.390 e. The number of aromatic nitrogens is 3. The van der Waals surface area contributed by atoms with Gasteiger partial charge in [-0.3, -0.25) is 4.79 Å². The highest BCUT2D eigenvalue weighted by Gasteiger charge is 2.48. The van der Waals surface area contributed by atoms with Crippen molar-refractivity contribution in [3.63, 3.8) is 0 Å². The van der Waals surface area contributed by atoms with Gasteiger partial charge in [-0.05, 0) is 31.4 Å². The monoisotopic (exact) mass is 332 g/mol. The van der Waals surface area contributed by atoms with Gasteiger partial charge in [0, 0.05) is 19.3 Å². The summed E-state index contributed by atoms with van der Waals surface area (Å²) in [4.78, 5) is 18.5. The lowest BCUT2D eigenvalue weighted by atomic mass is 9.80. The van der Waals surface area contributed by atoms with E-state index in [-0.39, 0.29) is 5.91 Å². The van der Waals surface area contributed by atoms with Gasteiger partial charge in [0.15, 0.2) is 5.65 Å². The molecule has 0 aliphatic carbocycles. The Labute approximate surface area is 138 Å². The van der Waals surface area contributed by atoms with E-state index in [4.69, 9.17) is 4.74 Å². The van der Waals surface area contributed by atoms with Crippen molar-refractivity contribution in [1.29, 1.82) is 0 Å². The molecule has 0 aromatic carbocycles. The van der Waals surface area contributed by atoms with Gasteiger partial charge in [0.25, 0.3) is 5.91 Å². The molecule has 4 rings (SSSR count). The first-order valence-electron chi connectivity index (χ1n) is 8.18. The summed E-state index contributed by atoms with van der Waals surface area (Å²) < 4.78 is 7.37. The van der Waals surface area contributed by atoms with Crippen molar-refractivity contribution in [1.82, 2.24) is 19.5 Å². The zero-order chi connectivity index (χ0) is 16.7. The third-order valence-electron chi connectivity index (χ3n) is 5.12. The Morgan fingerprint density at radius 1 is 1.29 bits per heavy atom. The van der Waals surface area contributed by atoms with Crippen molar-refractivity contribution in [2.45, 2.75) is 37.1 Å². The number of rotatable bonds is 1. The van der Waals surface area contributed by atoms with Crippen molar-refractivity contribution in [2.75, 3.05) is 19.7 Å². The zero-order valence-corrected chi connectivity index (χ0v) is 13.2. The predicted octanol–water partition coefficient (Wildman–Crippen LogP) is -0.154. The van der Waals surface area contributed by atoms with Crippen LogP contribution in [0.5, 0.6) is 0 Å². The molecule has 0 saturated carbocycles. The minimum Gasteiger partial charge on any atom is -0.390 e. The number of aliphatic hydroxyl groups is 2. The molecule has 2 aromatic rings. The summed E-state index contributed by atoms with van der Waals surface area (Å²) in [7, 11) is 0. The molecule has 2 aliphatic rings. The molecular weight excluding hydrogens is 312 g/mol. The summed E-state index contributed by atoms with van der Waals surface area (Å²) >= 11 is 0. The van der Waals surface area contributed by atoms with Crippen LogP contribution in [0.15, 0.2) is 24.7 Å². The van der Waals surface area contributed by atoms with E-state index in [9.17, 15) is 15.0 Å². The van der Waals surface area contributed by atoms with Gasteiger partial charge in [0.05, 0.1) is 23.9 Å². The van der Waals surface area contributed by atoms with Crippen LogP contribution in [0.25, 0.3) is 5.65 Å². The molecule has 2 aliphatic heterocycles. The molecular formula is C16H20N4O4. The van der Waals surface area contributed by atoms with Gasteiger partial charge < -0.3 is 19.8 Å². The Morgan fingerprint density at radius 3 is 2.88 bits per heavy atom. The number of likely N-dealkylation sites (tertiary alicyclic amines) is 1. The molecule has 0 bridgehead atoms. The Kier molecular flexibility index (Phi) is 3.75. The Morgan fingerprint density at radius 2 is 2.08 bits per heavy atom. The van der Waals surface area contributed by atoms with E-state index >= 15 is 0 Å². The zero-order valence-electron chi connectivity index (χ0n) is 13.2. The van der Waals surface area contributed by atoms with Crippen LogP contribution in [-0.4, -0.2) is 73.1 Å². The maximum atomic E-state index is 12.7. The van der Waals surface area contributed by atoms with Crippen LogP contribution in [0.4, 0.5) is 0 Å². The average molecular weight is 332 g/mol. The fraction of sp³-hybridized carbons (Fsp3) is 0.562.